The largest absolute Gasteiger partial charge is 0.508 e. The van der Waals surface area contributed by atoms with Crippen LogP contribution in [-0.2, 0) is 30.4 Å². The van der Waals surface area contributed by atoms with Crippen LogP contribution >= 0.6 is 12.6 Å². The van der Waals surface area contributed by atoms with E-state index >= 15 is 0 Å². The van der Waals surface area contributed by atoms with Crippen LogP contribution in [0.1, 0.15) is 31.2 Å². The van der Waals surface area contributed by atoms with E-state index in [2.05, 4.69) is 33.6 Å². The Bertz CT molecular complexity index is 1030. The minimum Gasteiger partial charge on any atom is -0.508 e. The van der Waals surface area contributed by atoms with Gasteiger partial charge < -0.3 is 49.1 Å². The van der Waals surface area contributed by atoms with Crippen LogP contribution in [0.5, 0.6) is 5.75 Å². The zero-order chi connectivity index (χ0) is 29.5. The minimum atomic E-state index is -1.34. The smallest absolute Gasteiger partial charge is 0.326 e. The lowest BCUT2D eigenvalue weighted by atomic mass is 10.0. The summed E-state index contributed by atoms with van der Waals surface area (Å²) in [5.41, 5.74) is 22.0. The highest BCUT2D eigenvalue weighted by Crippen LogP contribution is 2.12. The van der Waals surface area contributed by atoms with Gasteiger partial charge in [-0.05, 0) is 37.0 Å². The number of aliphatic carboxylic acids is 1. The van der Waals surface area contributed by atoms with Gasteiger partial charge in [0.1, 0.15) is 23.9 Å². The first kappa shape index (κ1) is 33.0. The third kappa shape index (κ3) is 12.8. The van der Waals surface area contributed by atoms with Gasteiger partial charge in [0.05, 0.1) is 6.04 Å². The summed E-state index contributed by atoms with van der Waals surface area (Å²) in [7, 11) is 0. The predicted octanol–water partition coefficient (Wildman–Crippen LogP) is -2.95. The Morgan fingerprint density at radius 3 is 1.97 bits per heavy atom. The molecule has 0 aliphatic carbocycles. The molecule has 0 spiro atoms. The topological polar surface area (TPSA) is 278 Å². The van der Waals surface area contributed by atoms with Gasteiger partial charge in [-0.25, -0.2) is 4.79 Å². The molecule has 0 radical (unpaired) electrons. The number of carboxylic acid groups (broad SMARTS) is 1. The van der Waals surface area contributed by atoms with E-state index in [9.17, 15) is 34.2 Å². The summed E-state index contributed by atoms with van der Waals surface area (Å²) < 4.78 is 0. The van der Waals surface area contributed by atoms with E-state index in [1.165, 1.54) is 24.3 Å². The fourth-order valence-corrected chi connectivity index (χ4v) is 3.54. The van der Waals surface area contributed by atoms with Crippen LogP contribution in [-0.4, -0.2) is 82.2 Å². The van der Waals surface area contributed by atoms with Gasteiger partial charge in [0, 0.05) is 25.1 Å². The number of rotatable bonds is 17. The van der Waals surface area contributed by atoms with Crippen LogP contribution in [0.25, 0.3) is 0 Å². The SMILES string of the molecule is NC(=O)CCC(N)C(=O)NC(CS)C(=O)NC(CCCN=C(N)N)C(=O)NC(Cc1ccc(O)cc1)C(=O)O. The molecule has 13 N–H and O–H groups in total. The van der Waals surface area contributed by atoms with Crippen LogP contribution in [0.2, 0.25) is 0 Å². The van der Waals surface area contributed by atoms with Crippen molar-refractivity contribution < 1.29 is 34.2 Å². The molecule has 15 nitrogen and oxygen atoms in total. The highest BCUT2D eigenvalue weighted by molar-refractivity contribution is 7.80. The summed E-state index contributed by atoms with van der Waals surface area (Å²) in [6.07, 6.45) is 0.0381. The Labute approximate surface area is 230 Å². The van der Waals surface area contributed by atoms with Crippen molar-refractivity contribution in [1.82, 2.24) is 16.0 Å². The molecule has 216 valence electrons. The van der Waals surface area contributed by atoms with Gasteiger partial charge in [-0.2, -0.15) is 12.6 Å². The third-order valence-electron chi connectivity index (χ3n) is 5.42. The second-order valence-electron chi connectivity index (χ2n) is 8.64. The molecule has 4 unspecified atom stereocenters. The van der Waals surface area contributed by atoms with Gasteiger partial charge >= 0.3 is 5.97 Å². The number of aromatic hydroxyl groups is 1. The van der Waals surface area contributed by atoms with E-state index in [0.29, 0.717) is 5.56 Å². The molecule has 0 heterocycles. The number of carbonyl (C=O) groups excluding carboxylic acids is 4. The summed E-state index contributed by atoms with van der Waals surface area (Å²) >= 11 is 4.08. The zero-order valence-electron chi connectivity index (χ0n) is 21.2. The summed E-state index contributed by atoms with van der Waals surface area (Å²) in [4.78, 5) is 64.9. The van der Waals surface area contributed by atoms with Crippen molar-refractivity contribution in [2.45, 2.75) is 56.3 Å². The van der Waals surface area contributed by atoms with Crippen molar-refractivity contribution >= 4 is 48.2 Å². The van der Waals surface area contributed by atoms with E-state index < -0.39 is 53.8 Å². The number of nitrogens with two attached hydrogens (primary N) is 4. The average Bonchev–Trinajstić information content (AvgIpc) is 2.87. The molecular formula is C23H36N8O7S. The predicted molar refractivity (Wildman–Crippen MR) is 145 cm³/mol. The van der Waals surface area contributed by atoms with Crippen molar-refractivity contribution in [3.63, 3.8) is 0 Å². The van der Waals surface area contributed by atoms with Gasteiger partial charge in [0.25, 0.3) is 0 Å². The van der Waals surface area contributed by atoms with E-state index in [4.69, 9.17) is 22.9 Å². The molecule has 0 fully saturated rings. The first-order chi connectivity index (χ1) is 18.3. The number of amides is 4. The summed E-state index contributed by atoms with van der Waals surface area (Å²) in [6.45, 7) is 0.138. The fourth-order valence-electron chi connectivity index (χ4n) is 3.29. The lowest BCUT2D eigenvalue weighted by Gasteiger charge is -2.24. The van der Waals surface area contributed by atoms with Gasteiger partial charge in [-0.15, -0.1) is 0 Å². The number of nitrogens with zero attached hydrogens (tertiary/aromatic N) is 1. The second kappa shape index (κ2) is 16.7. The number of guanidine groups is 1. The molecule has 1 rings (SSSR count). The van der Waals surface area contributed by atoms with Crippen LogP contribution in [0.4, 0.5) is 0 Å². The number of benzene rings is 1. The number of aliphatic imine (C=N–C) groups is 1. The summed E-state index contributed by atoms with van der Waals surface area (Å²) in [6, 6.07) is 0.936. The molecule has 39 heavy (non-hydrogen) atoms. The van der Waals surface area contributed by atoms with Gasteiger partial charge in [-0.1, -0.05) is 12.1 Å². The summed E-state index contributed by atoms with van der Waals surface area (Å²) in [5, 5.41) is 26.4. The molecule has 0 aliphatic heterocycles. The van der Waals surface area contributed by atoms with Crippen molar-refractivity contribution in [2.24, 2.45) is 27.9 Å². The number of hydrogen-bond acceptors (Lipinski definition) is 9. The van der Waals surface area contributed by atoms with Gasteiger partial charge in [-0.3, -0.25) is 24.2 Å². The monoisotopic (exact) mass is 568 g/mol. The molecule has 4 amide bonds. The highest BCUT2D eigenvalue weighted by Gasteiger charge is 2.30. The Morgan fingerprint density at radius 1 is 0.872 bits per heavy atom. The number of hydrogen-bond donors (Lipinski definition) is 10. The maximum absolute atomic E-state index is 13.1. The van der Waals surface area contributed by atoms with Gasteiger partial charge in [0.2, 0.25) is 23.6 Å². The number of carboxylic acids is 1. The Kier molecular flexibility index (Phi) is 14.1. The zero-order valence-corrected chi connectivity index (χ0v) is 22.1. The van der Waals surface area contributed by atoms with Crippen molar-refractivity contribution in [1.29, 1.82) is 0 Å². The van der Waals surface area contributed by atoms with Crippen LogP contribution in [0.15, 0.2) is 29.3 Å². The number of nitrogens with one attached hydrogen (secondary N) is 3. The standard InChI is InChI=1S/C23H36N8O7S/c24-14(7-8-18(25)33)19(34)31-17(11-39)21(36)29-15(2-1-9-28-23(26)27)20(35)30-16(22(37)38)10-12-3-5-13(32)6-4-12/h3-6,14-17,32,39H,1-2,7-11,24H2,(H2,25,33)(H,29,36)(H,30,35)(H,31,34)(H,37,38)(H4,26,27,28). The third-order valence-corrected chi connectivity index (χ3v) is 5.79. The van der Waals surface area contributed by atoms with Crippen molar-refractivity contribution in [3.8, 4) is 5.75 Å². The van der Waals surface area contributed by atoms with Crippen LogP contribution in [0, 0.1) is 0 Å². The number of thiol groups is 1. The van der Waals surface area contributed by atoms with Crippen LogP contribution < -0.4 is 38.9 Å². The first-order valence-corrected chi connectivity index (χ1v) is 12.6. The molecule has 0 aliphatic rings. The lowest BCUT2D eigenvalue weighted by Crippen LogP contribution is -2.57. The van der Waals surface area contributed by atoms with Crippen molar-refractivity contribution in [3.05, 3.63) is 29.8 Å². The Hall–Kier alpha value is -4.05. The lowest BCUT2D eigenvalue weighted by molar-refractivity contribution is -0.142. The van der Waals surface area contributed by atoms with E-state index in [0.717, 1.165) is 0 Å². The molecule has 0 saturated heterocycles. The van der Waals surface area contributed by atoms with E-state index in [-0.39, 0.29) is 56.1 Å². The maximum atomic E-state index is 13.1. The molecule has 4 atom stereocenters. The number of primary amides is 1. The highest BCUT2D eigenvalue weighted by atomic mass is 32.1. The van der Waals surface area contributed by atoms with Crippen molar-refractivity contribution in [2.75, 3.05) is 12.3 Å². The van der Waals surface area contributed by atoms with E-state index in [1.807, 2.05) is 0 Å². The second-order valence-corrected chi connectivity index (χ2v) is 9.00. The normalized spacial score (nSPS) is 13.7. The molecule has 0 aromatic heterocycles. The molecule has 1 aromatic carbocycles. The quantitative estimate of drug-likeness (QED) is 0.0394. The number of phenolic OH excluding ortho intramolecular Hbond substituents is 1. The molecule has 16 heteroatoms. The van der Waals surface area contributed by atoms with E-state index in [1.54, 1.807) is 0 Å². The molecule has 0 saturated carbocycles. The molecular weight excluding hydrogens is 532 g/mol. The molecule has 0 bridgehead atoms. The Balaban J connectivity index is 2.97. The minimum absolute atomic E-state index is 0.00197. The maximum Gasteiger partial charge on any atom is 0.326 e. The number of phenols is 1. The van der Waals surface area contributed by atoms with Gasteiger partial charge in [0.15, 0.2) is 5.96 Å². The summed E-state index contributed by atoms with van der Waals surface area (Å²) in [5.74, 6) is -4.55. The molecule has 1 aromatic rings. The fraction of sp³-hybridized carbons (Fsp3) is 0.478. The van der Waals surface area contributed by atoms with Crippen LogP contribution in [0.3, 0.4) is 0 Å². The number of carbonyl (C=O) groups is 5. The average molecular weight is 569 g/mol. The Morgan fingerprint density at radius 2 is 1.44 bits per heavy atom. The first-order valence-electron chi connectivity index (χ1n) is 12.0.